The van der Waals surface area contributed by atoms with Crippen molar-refractivity contribution in [3.05, 3.63) is 66.4 Å². The Hall–Kier alpha value is -3.22. The SMILES string of the molecule is COc1ccc(C=Nn2cnnc2)cc1COc1ccccn1. The molecule has 1 aromatic carbocycles. The van der Waals surface area contributed by atoms with E-state index < -0.39 is 0 Å². The van der Waals surface area contributed by atoms with Crippen molar-refractivity contribution in [3.63, 3.8) is 0 Å². The topological polar surface area (TPSA) is 74.4 Å². The first kappa shape index (κ1) is 14.7. The Morgan fingerprint density at radius 3 is 2.78 bits per heavy atom. The Morgan fingerprint density at radius 2 is 2.04 bits per heavy atom. The van der Waals surface area contributed by atoms with Gasteiger partial charge in [0.25, 0.3) is 0 Å². The van der Waals surface area contributed by atoms with E-state index >= 15 is 0 Å². The van der Waals surface area contributed by atoms with Crippen LogP contribution in [0.5, 0.6) is 11.6 Å². The Bertz CT molecular complexity index is 772. The number of hydrogen-bond acceptors (Lipinski definition) is 6. The smallest absolute Gasteiger partial charge is 0.213 e. The Kier molecular flexibility index (Phi) is 4.58. The molecule has 23 heavy (non-hydrogen) atoms. The van der Waals surface area contributed by atoms with Gasteiger partial charge in [-0.2, -0.15) is 5.10 Å². The zero-order chi connectivity index (χ0) is 15.9. The highest BCUT2D eigenvalue weighted by molar-refractivity contribution is 5.80. The highest BCUT2D eigenvalue weighted by Gasteiger charge is 2.05. The molecule has 0 amide bonds. The molecule has 2 heterocycles. The Labute approximate surface area is 133 Å². The summed E-state index contributed by atoms with van der Waals surface area (Å²) in [6.07, 6.45) is 6.44. The zero-order valence-electron chi connectivity index (χ0n) is 12.5. The molecule has 7 heteroatoms. The number of hydrogen-bond donors (Lipinski definition) is 0. The van der Waals surface area contributed by atoms with Crippen molar-refractivity contribution in [1.82, 2.24) is 19.9 Å². The summed E-state index contributed by atoms with van der Waals surface area (Å²) in [5.74, 6) is 1.32. The van der Waals surface area contributed by atoms with Crippen LogP contribution >= 0.6 is 0 Å². The van der Waals surface area contributed by atoms with Crippen molar-refractivity contribution in [1.29, 1.82) is 0 Å². The van der Waals surface area contributed by atoms with E-state index in [-0.39, 0.29) is 0 Å². The van der Waals surface area contributed by atoms with Gasteiger partial charge >= 0.3 is 0 Å². The number of pyridine rings is 1. The molecule has 0 saturated heterocycles. The second kappa shape index (κ2) is 7.17. The van der Waals surface area contributed by atoms with E-state index in [1.807, 2.05) is 36.4 Å². The molecule has 0 aliphatic heterocycles. The molecule has 7 nitrogen and oxygen atoms in total. The van der Waals surface area contributed by atoms with E-state index in [0.717, 1.165) is 16.9 Å². The molecular formula is C16H15N5O2. The Balaban J connectivity index is 1.76. The van der Waals surface area contributed by atoms with E-state index in [9.17, 15) is 0 Å². The van der Waals surface area contributed by atoms with Gasteiger partial charge in [0.2, 0.25) is 5.88 Å². The molecular weight excluding hydrogens is 294 g/mol. The first-order valence-corrected chi connectivity index (χ1v) is 6.95. The monoisotopic (exact) mass is 309 g/mol. The van der Waals surface area contributed by atoms with Crippen LogP contribution < -0.4 is 9.47 Å². The minimum Gasteiger partial charge on any atom is -0.496 e. The van der Waals surface area contributed by atoms with Gasteiger partial charge < -0.3 is 9.47 Å². The third-order valence-corrected chi connectivity index (χ3v) is 3.06. The Morgan fingerprint density at radius 1 is 1.17 bits per heavy atom. The van der Waals surface area contributed by atoms with Crippen molar-refractivity contribution in [2.75, 3.05) is 7.11 Å². The fourth-order valence-corrected chi connectivity index (χ4v) is 1.96. The van der Waals surface area contributed by atoms with Crippen molar-refractivity contribution < 1.29 is 9.47 Å². The third kappa shape index (κ3) is 3.91. The van der Waals surface area contributed by atoms with Crippen molar-refractivity contribution in [3.8, 4) is 11.6 Å². The standard InChI is InChI=1S/C16H15N5O2/c1-22-15-6-5-13(9-20-21-11-18-19-12-21)8-14(15)10-23-16-4-2-3-7-17-16/h2-9,11-12H,10H2,1H3. The van der Waals surface area contributed by atoms with Gasteiger partial charge in [-0.3, -0.25) is 0 Å². The van der Waals surface area contributed by atoms with Gasteiger partial charge in [0.15, 0.2) is 0 Å². The summed E-state index contributed by atoms with van der Waals surface area (Å²) in [7, 11) is 1.63. The van der Waals surface area contributed by atoms with Crippen LogP contribution in [0.3, 0.4) is 0 Å². The number of rotatable bonds is 6. The van der Waals surface area contributed by atoms with Crippen LogP contribution in [-0.2, 0) is 6.61 Å². The van der Waals surface area contributed by atoms with E-state index in [1.54, 1.807) is 19.5 Å². The number of methoxy groups -OCH3 is 1. The minimum absolute atomic E-state index is 0.356. The lowest BCUT2D eigenvalue weighted by Gasteiger charge is -2.10. The quantitative estimate of drug-likeness (QED) is 0.652. The number of aromatic nitrogens is 4. The minimum atomic E-state index is 0.356. The van der Waals surface area contributed by atoms with E-state index in [0.29, 0.717) is 12.5 Å². The molecule has 0 radical (unpaired) electrons. The molecule has 116 valence electrons. The summed E-state index contributed by atoms with van der Waals surface area (Å²) in [6.45, 7) is 0.356. The largest absolute Gasteiger partial charge is 0.496 e. The lowest BCUT2D eigenvalue weighted by Crippen LogP contribution is -2.01. The van der Waals surface area contributed by atoms with Crippen molar-refractivity contribution >= 4 is 6.21 Å². The third-order valence-electron chi connectivity index (χ3n) is 3.06. The van der Waals surface area contributed by atoms with Crippen LogP contribution in [0.25, 0.3) is 0 Å². The summed E-state index contributed by atoms with van der Waals surface area (Å²) in [4.78, 5) is 4.14. The van der Waals surface area contributed by atoms with Crippen LogP contribution in [0.15, 0.2) is 60.4 Å². The average molecular weight is 309 g/mol. The lowest BCUT2D eigenvalue weighted by atomic mass is 10.1. The molecule has 0 N–H and O–H groups in total. The maximum atomic E-state index is 5.68. The average Bonchev–Trinajstić information content (AvgIpc) is 3.12. The van der Waals surface area contributed by atoms with Gasteiger partial charge in [-0.25, -0.2) is 9.66 Å². The summed E-state index contributed by atoms with van der Waals surface area (Å²) in [6, 6.07) is 11.3. The number of benzene rings is 1. The lowest BCUT2D eigenvalue weighted by molar-refractivity contribution is 0.285. The normalized spacial score (nSPS) is 10.8. The van der Waals surface area contributed by atoms with Crippen LogP contribution in [0.2, 0.25) is 0 Å². The summed E-state index contributed by atoms with van der Waals surface area (Å²) in [5, 5.41) is 11.6. The van der Waals surface area contributed by atoms with Crippen molar-refractivity contribution in [2.45, 2.75) is 6.61 Å². The molecule has 2 aromatic heterocycles. The van der Waals surface area contributed by atoms with E-state index in [1.165, 1.54) is 17.3 Å². The number of nitrogens with zero attached hydrogens (tertiary/aromatic N) is 5. The molecule has 0 spiro atoms. The molecule has 0 aliphatic carbocycles. The molecule has 0 unspecified atom stereocenters. The first-order chi connectivity index (χ1) is 11.3. The molecule has 0 bridgehead atoms. The van der Waals surface area contributed by atoms with Gasteiger partial charge in [-0.05, 0) is 29.8 Å². The molecule has 0 atom stereocenters. The fraction of sp³-hybridized carbons (Fsp3) is 0.125. The van der Waals surface area contributed by atoms with Crippen LogP contribution in [0.4, 0.5) is 0 Å². The molecule has 3 aromatic rings. The molecule has 0 fully saturated rings. The van der Waals surface area contributed by atoms with Gasteiger partial charge in [-0.15, -0.1) is 10.2 Å². The predicted octanol–water partition coefficient (Wildman–Crippen LogP) is 2.14. The summed E-state index contributed by atoms with van der Waals surface area (Å²) >= 11 is 0. The summed E-state index contributed by atoms with van der Waals surface area (Å²) < 4.78 is 12.6. The fourth-order valence-electron chi connectivity index (χ4n) is 1.96. The maximum absolute atomic E-state index is 5.68. The molecule has 0 saturated carbocycles. The predicted molar refractivity (Wildman–Crippen MR) is 84.6 cm³/mol. The van der Waals surface area contributed by atoms with Crippen LogP contribution in [0.1, 0.15) is 11.1 Å². The van der Waals surface area contributed by atoms with Crippen LogP contribution in [-0.4, -0.2) is 33.2 Å². The van der Waals surface area contributed by atoms with Crippen LogP contribution in [0, 0.1) is 0 Å². The molecule has 0 aliphatic rings. The van der Waals surface area contributed by atoms with E-state index in [2.05, 4.69) is 20.3 Å². The van der Waals surface area contributed by atoms with Gasteiger partial charge in [0, 0.05) is 17.8 Å². The second-order valence-electron chi connectivity index (χ2n) is 4.61. The van der Waals surface area contributed by atoms with Gasteiger partial charge in [0.1, 0.15) is 25.0 Å². The first-order valence-electron chi connectivity index (χ1n) is 6.95. The number of ether oxygens (including phenoxy) is 2. The van der Waals surface area contributed by atoms with E-state index in [4.69, 9.17) is 9.47 Å². The zero-order valence-corrected chi connectivity index (χ0v) is 12.5. The second-order valence-corrected chi connectivity index (χ2v) is 4.61. The highest BCUT2D eigenvalue weighted by Crippen LogP contribution is 2.21. The summed E-state index contributed by atoms with van der Waals surface area (Å²) in [5.41, 5.74) is 1.82. The molecule has 3 rings (SSSR count). The highest BCUT2D eigenvalue weighted by atomic mass is 16.5. The van der Waals surface area contributed by atoms with Gasteiger partial charge in [-0.1, -0.05) is 6.07 Å². The maximum Gasteiger partial charge on any atom is 0.213 e. The van der Waals surface area contributed by atoms with Gasteiger partial charge in [0.05, 0.1) is 13.3 Å². The van der Waals surface area contributed by atoms with Crippen molar-refractivity contribution in [2.24, 2.45) is 5.10 Å².